The van der Waals surface area contributed by atoms with Crippen molar-refractivity contribution in [3.8, 4) is 0 Å². The molecular formula is C15H13ClF2N4O. The van der Waals surface area contributed by atoms with Crippen LogP contribution in [-0.2, 0) is 11.3 Å². The molecule has 0 aromatic carbocycles. The van der Waals surface area contributed by atoms with Crippen LogP contribution < -0.4 is 4.90 Å². The molecule has 5 nitrogen and oxygen atoms in total. The lowest BCUT2D eigenvalue weighted by molar-refractivity contribution is -0.0630. The van der Waals surface area contributed by atoms with Crippen molar-refractivity contribution in [2.45, 2.75) is 24.2 Å². The van der Waals surface area contributed by atoms with Gasteiger partial charge in [0.15, 0.2) is 0 Å². The molecule has 1 aliphatic heterocycles. The summed E-state index contributed by atoms with van der Waals surface area (Å²) in [6.07, 6.45) is 5.10. The third-order valence-corrected chi connectivity index (χ3v) is 4.68. The van der Waals surface area contributed by atoms with Gasteiger partial charge >= 0.3 is 5.92 Å². The first-order chi connectivity index (χ1) is 11.0. The average Bonchev–Trinajstić information content (AvgIpc) is 3.26. The number of aliphatic hydroxyl groups excluding tert-OH is 1. The van der Waals surface area contributed by atoms with E-state index in [1.807, 2.05) is 4.90 Å². The Morgan fingerprint density at radius 3 is 2.83 bits per heavy atom. The highest BCUT2D eigenvalue weighted by Gasteiger charge is 2.52. The fourth-order valence-electron chi connectivity index (χ4n) is 3.05. The lowest BCUT2D eigenvalue weighted by Crippen LogP contribution is -2.25. The molecule has 0 bridgehead atoms. The Bertz CT molecular complexity index is 782. The highest BCUT2D eigenvalue weighted by molar-refractivity contribution is 6.29. The van der Waals surface area contributed by atoms with E-state index in [-0.39, 0.29) is 5.41 Å². The zero-order valence-corrected chi connectivity index (χ0v) is 12.8. The van der Waals surface area contributed by atoms with Crippen LogP contribution >= 0.6 is 11.6 Å². The zero-order valence-electron chi connectivity index (χ0n) is 12.0. The third kappa shape index (κ3) is 2.26. The van der Waals surface area contributed by atoms with E-state index in [0.717, 1.165) is 24.1 Å². The van der Waals surface area contributed by atoms with Gasteiger partial charge in [0.25, 0.3) is 0 Å². The van der Waals surface area contributed by atoms with Crippen molar-refractivity contribution < 1.29 is 13.9 Å². The van der Waals surface area contributed by atoms with Crippen LogP contribution in [0.5, 0.6) is 0 Å². The van der Waals surface area contributed by atoms with E-state index in [0.29, 0.717) is 17.5 Å². The fraction of sp³-hybridized carbons (Fsp3) is 0.400. The second kappa shape index (κ2) is 4.82. The molecule has 8 heteroatoms. The minimum absolute atomic E-state index is 0.0253. The quantitative estimate of drug-likeness (QED) is 0.872. The summed E-state index contributed by atoms with van der Waals surface area (Å²) in [4.78, 5) is 13.6. The largest absolute Gasteiger partial charge is 0.390 e. The number of anilines is 2. The monoisotopic (exact) mass is 338 g/mol. The number of aliphatic hydroxyl groups is 1. The van der Waals surface area contributed by atoms with Crippen molar-refractivity contribution in [3.05, 3.63) is 41.1 Å². The molecule has 2 aliphatic rings. The Kier molecular flexibility index (Phi) is 3.08. The number of hydrogen-bond donors (Lipinski definition) is 1. The lowest BCUT2D eigenvalue weighted by Gasteiger charge is -2.20. The molecule has 0 amide bonds. The van der Waals surface area contributed by atoms with Crippen LogP contribution in [0.4, 0.5) is 20.3 Å². The third-order valence-electron chi connectivity index (χ3n) is 4.47. The number of alkyl halides is 2. The van der Waals surface area contributed by atoms with Gasteiger partial charge in [0.05, 0.1) is 5.69 Å². The van der Waals surface area contributed by atoms with Gasteiger partial charge < -0.3 is 10.0 Å². The predicted octanol–water partition coefficient (Wildman–Crippen LogP) is 2.79. The van der Waals surface area contributed by atoms with E-state index in [1.165, 1.54) is 6.20 Å². The summed E-state index contributed by atoms with van der Waals surface area (Å²) in [6, 6.07) is 3.31. The molecule has 1 saturated carbocycles. The Labute approximate surface area is 136 Å². The molecule has 0 unspecified atom stereocenters. The van der Waals surface area contributed by atoms with E-state index in [1.54, 1.807) is 18.3 Å². The van der Waals surface area contributed by atoms with Gasteiger partial charge in [-0.3, -0.25) is 0 Å². The van der Waals surface area contributed by atoms with E-state index in [4.69, 9.17) is 16.7 Å². The Morgan fingerprint density at radius 1 is 1.35 bits per heavy atom. The van der Waals surface area contributed by atoms with Crippen molar-refractivity contribution in [1.29, 1.82) is 0 Å². The van der Waals surface area contributed by atoms with Crippen molar-refractivity contribution in [1.82, 2.24) is 15.0 Å². The number of hydrogen-bond acceptors (Lipinski definition) is 5. The molecule has 0 radical (unpaired) electrons. The molecule has 1 N–H and O–H groups in total. The fourth-order valence-corrected chi connectivity index (χ4v) is 3.21. The lowest BCUT2D eigenvalue weighted by atomic mass is 10.0. The van der Waals surface area contributed by atoms with Crippen LogP contribution in [0.2, 0.25) is 5.15 Å². The first-order valence-corrected chi connectivity index (χ1v) is 7.59. The van der Waals surface area contributed by atoms with Gasteiger partial charge in [-0.05, 0) is 25.0 Å². The van der Waals surface area contributed by atoms with Crippen molar-refractivity contribution in [3.63, 3.8) is 0 Å². The van der Waals surface area contributed by atoms with Crippen LogP contribution in [0.3, 0.4) is 0 Å². The topological polar surface area (TPSA) is 62.1 Å². The maximum Gasteiger partial charge on any atom is 0.329 e. The first-order valence-electron chi connectivity index (χ1n) is 7.21. The number of nitrogens with zero attached hydrogens (tertiary/aromatic N) is 4. The molecule has 120 valence electrons. The summed E-state index contributed by atoms with van der Waals surface area (Å²) in [6.45, 7) is -0.668. The minimum atomic E-state index is -3.47. The van der Waals surface area contributed by atoms with Crippen molar-refractivity contribution in [2.75, 3.05) is 18.1 Å². The standard InChI is InChI=1S/C15H13ClF2N4O/c16-11-5-10-9(6-20-11)14(2-3-14)7-22(10)12-1-4-19-13(21-12)15(17,18)8-23/h1,4-6,23H,2-3,7-8H2. The van der Waals surface area contributed by atoms with Gasteiger partial charge in [-0.25, -0.2) is 15.0 Å². The Morgan fingerprint density at radius 2 is 2.13 bits per heavy atom. The molecule has 1 aliphatic carbocycles. The Balaban J connectivity index is 1.78. The molecular weight excluding hydrogens is 326 g/mol. The molecule has 4 rings (SSSR count). The van der Waals surface area contributed by atoms with Gasteiger partial charge in [-0.2, -0.15) is 8.78 Å². The molecule has 3 heterocycles. The summed E-state index contributed by atoms with van der Waals surface area (Å²) in [5.41, 5.74) is 1.95. The molecule has 2 aromatic rings. The van der Waals surface area contributed by atoms with Crippen LogP contribution in [0.25, 0.3) is 0 Å². The normalized spacial score (nSPS) is 18.3. The molecule has 0 atom stereocenters. The van der Waals surface area contributed by atoms with E-state index in [2.05, 4.69) is 15.0 Å². The van der Waals surface area contributed by atoms with Gasteiger partial charge in [0, 0.05) is 29.9 Å². The number of halogens is 3. The maximum atomic E-state index is 13.7. The van der Waals surface area contributed by atoms with E-state index >= 15 is 0 Å². The number of rotatable bonds is 3. The van der Waals surface area contributed by atoms with Gasteiger partial charge in [-0.1, -0.05) is 11.6 Å². The van der Waals surface area contributed by atoms with Gasteiger partial charge in [-0.15, -0.1) is 0 Å². The van der Waals surface area contributed by atoms with Crippen LogP contribution in [0, 0.1) is 0 Å². The number of pyridine rings is 1. The summed E-state index contributed by atoms with van der Waals surface area (Å²) in [7, 11) is 0. The highest BCUT2D eigenvalue weighted by atomic mass is 35.5. The zero-order chi connectivity index (χ0) is 16.2. The second-order valence-corrected chi connectivity index (χ2v) is 6.38. The Hall–Kier alpha value is -1.86. The summed E-state index contributed by atoms with van der Waals surface area (Å²) in [5, 5.41) is 9.17. The molecule has 0 saturated heterocycles. The van der Waals surface area contributed by atoms with Crippen molar-refractivity contribution in [2.24, 2.45) is 0 Å². The summed E-state index contributed by atoms with van der Waals surface area (Å²) in [5.74, 6) is -3.78. The summed E-state index contributed by atoms with van der Waals surface area (Å²) >= 11 is 5.99. The smallest absolute Gasteiger partial charge is 0.329 e. The second-order valence-electron chi connectivity index (χ2n) is 5.99. The molecule has 2 aromatic heterocycles. The van der Waals surface area contributed by atoms with E-state index in [9.17, 15) is 8.78 Å². The minimum Gasteiger partial charge on any atom is -0.390 e. The van der Waals surface area contributed by atoms with Crippen molar-refractivity contribution >= 4 is 23.1 Å². The predicted molar refractivity (Wildman–Crippen MR) is 80.2 cm³/mol. The first kappa shape index (κ1) is 14.7. The molecule has 23 heavy (non-hydrogen) atoms. The summed E-state index contributed by atoms with van der Waals surface area (Å²) < 4.78 is 27.3. The van der Waals surface area contributed by atoms with Crippen LogP contribution in [0.15, 0.2) is 24.5 Å². The molecule has 1 fully saturated rings. The van der Waals surface area contributed by atoms with Gasteiger partial charge in [0.1, 0.15) is 17.6 Å². The maximum absolute atomic E-state index is 13.7. The van der Waals surface area contributed by atoms with Gasteiger partial charge in [0.2, 0.25) is 5.82 Å². The van der Waals surface area contributed by atoms with E-state index < -0.39 is 18.4 Å². The van der Waals surface area contributed by atoms with Crippen LogP contribution in [0.1, 0.15) is 24.2 Å². The number of fused-ring (bicyclic) bond motifs is 2. The molecule has 1 spiro atoms. The number of aromatic nitrogens is 3. The average molecular weight is 339 g/mol. The SMILES string of the molecule is OCC(F)(F)c1nccc(N2CC3(CC3)c3cnc(Cl)cc32)n1. The van der Waals surface area contributed by atoms with Crippen LogP contribution in [-0.4, -0.2) is 33.2 Å². The highest BCUT2D eigenvalue weighted by Crippen LogP contribution is 2.57.